The third-order valence-corrected chi connectivity index (χ3v) is 5.24. The molecule has 11 heteroatoms. The van der Waals surface area contributed by atoms with Gasteiger partial charge in [-0.25, -0.2) is 14.4 Å². The first kappa shape index (κ1) is 20.5. The topological polar surface area (TPSA) is 98.0 Å². The number of aromatic nitrogens is 2. The Morgan fingerprint density at radius 1 is 1.00 bits per heavy atom. The van der Waals surface area contributed by atoms with Crippen molar-refractivity contribution >= 4 is 21.7 Å². The fourth-order valence-electron chi connectivity index (χ4n) is 2.58. The highest BCUT2D eigenvalue weighted by atomic mass is 32.2. The van der Waals surface area contributed by atoms with Crippen LogP contribution in [-0.4, -0.2) is 18.4 Å². The van der Waals surface area contributed by atoms with Gasteiger partial charge < -0.3 is 5.73 Å². The Kier molecular flexibility index (Phi) is 5.18. The monoisotopic (exact) mass is 426 g/mol. The van der Waals surface area contributed by atoms with E-state index >= 15 is 0 Å². The van der Waals surface area contributed by atoms with E-state index in [-0.39, 0.29) is 22.8 Å². The molecule has 0 aliphatic heterocycles. The van der Waals surface area contributed by atoms with Crippen molar-refractivity contribution in [3.8, 4) is 11.3 Å². The van der Waals surface area contributed by atoms with Gasteiger partial charge in [0.05, 0.1) is 11.3 Å². The molecule has 29 heavy (non-hydrogen) atoms. The first-order valence-electron chi connectivity index (χ1n) is 8.08. The molecule has 0 unspecified atom stereocenters. The van der Waals surface area contributed by atoms with E-state index in [1.165, 1.54) is 37.3 Å². The summed E-state index contributed by atoms with van der Waals surface area (Å²) in [6.45, 7) is 1.31. The molecule has 0 saturated carbocycles. The molecule has 0 saturated heterocycles. The molecule has 0 radical (unpaired) electrons. The minimum atomic E-state index is -4.78. The van der Waals surface area contributed by atoms with Crippen molar-refractivity contribution in [1.82, 2.24) is 9.97 Å². The van der Waals surface area contributed by atoms with Crippen LogP contribution in [0.4, 0.5) is 29.2 Å². The van der Waals surface area contributed by atoms with Crippen molar-refractivity contribution in [3.63, 3.8) is 0 Å². The summed E-state index contributed by atoms with van der Waals surface area (Å²) in [7, 11) is -4.26. The van der Waals surface area contributed by atoms with E-state index in [1.807, 2.05) is 0 Å². The van der Waals surface area contributed by atoms with Crippen molar-refractivity contribution in [2.24, 2.45) is 0 Å². The van der Waals surface area contributed by atoms with E-state index < -0.39 is 38.3 Å². The lowest BCUT2D eigenvalue weighted by atomic mass is 10.0. The summed E-state index contributed by atoms with van der Waals surface area (Å²) < 4.78 is 81.2. The number of halogens is 4. The van der Waals surface area contributed by atoms with Crippen LogP contribution in [0.25, 0.3) is 11.3 Å². The maximum atomic E-state index is 13.9. The number of sulfonamides is 1. The van der Waals surface area contributed by atoms with Crippen LogP contribution in [0.5, 0.6) is 0 Å². The zero-order chi connectivity index (χ0) is 21.4. The summed E-state index contributed by atoms with van der Waals surface area (Å²) in [5.41, 5.74) is 3.57. The first-order chi connectivity index (χ1) is 13.5. The number of nitrogens with one attached hydrogen (secondary N) is 1. The van der Waals surface area contributed by atoms with Gasteiger partial charge in [0.25, 0.3) is 10.0 Å². The molecule has 0 aliphatic carbocycles. The van der Waals surface area contributed by atoms with Gasteiger partial charge in [-0.1, -0.05) is 18.2 Å². The second kappa shape index (κ2) is 7.32. The highest BCUT2D eigenvalue weighted by Gasteiger charge is 2.35. The fourth-order valence-corrected chi connectivity index (χ4v) is 3.56. The van der Waals surface area contributed by atoms with Crippen LogP contribution in [0.2, 0.25) is 0 Å². The van der Waals surface area contributed by atoms with E-state index in [0.717, 1.165) is 12.1 Å². The summed E-state index contributed by atoms with van der Waals surface area (Å²) in [6, 6.07) is 9.06. The quantitative estimate of drug-likeness (QED) is 0.615. The van der Waals surface area contributed by atoms with E-state index in [9.17, 15) is 26.0 Å². The molecule has 0 atom stereocenters. The van der Waals surface area contributed by atoms with Gasteiger partial charge in [-0.3, -0.25) is 4.72 Å². The van der Waals surface area contributed by atoms with Crippen LogP contribution in [-0.2, 0) is 16.2 Å². The van der Waals surface area contributed by atoms with Crippen molar-refractivity contribution in [2.75, 3.05) is 10.5 Å². The average Bonchev–Trinajstić information content (AvgIpc) is 2.63. The zero-order valence-electron chi connectivity index (χ0n) is 14.8. The Labute approximate surface area is 163 Å². The Bertz CT molecular complexity index is 1180. The summed E-state index contributed by atoms with van der Waals surface area (Å²) in [4.78, 5) is 7.48. The molecule has 0 fully saturated rings. The minimum absolute atomic E-state index is 0.0515. The summed E-state index contributed by atoms with van der Waals surface area (Å²) >= 11 is 0. The number of rotatable bonds is 4. The number of benzene rings is 1. The number of hydrogen-bond acceptors (Lipinski definition) is 5. The van der Waals surface area contributed by atoms with Crippen LogP contribution in [0.15, 0.2) is 53.6 Å². The molecule has 0 spiro atoms. The lowest BCUT2D eigenvalue weighted by molar-refractivity contribution is -0.137. The number of pyridine rings is 2. The van der Waals surface area contributed by atoms with Gasteiger partial charge in [0, 0.05) is 5.56 Å². The van der Waals surface area contributed by atoms with E-state index in [4.69, 9.17) is 5.73 Å². The lowest BCUT2D eigenvalue weighted by Gasteiger charge is -2.16. The number of nitrogens with zero attached hydrogens (tertiary/aromatic N) is 2. The largest absolute Gasteiger partial charge is 0.418 e. The molecular formula is C18H14F4N4O2S. The van der Waals surface area contributed by atoms with Gasteiger partial charge in [0.2, 0.25) is 0 Å². The standard InChI is InChI=1S/C18H14F4N4O2S/c1-10-11(4-2-5-13(10)19)17-12(18(20,21)22)8-9-15(25-17)26-29(27,28)16-7-3-6-14(23)24-16/h2-9H,1H3,(H2,23,24)(H,25,26). The Morgan fingerprint density at radius 2 is 1.69 bits per heavy atom. The summed E-state index contributed by atoms with van der Waals surface area (Å²) in [5, 5.41) is -0.428. The number of anilines is 2. The SMILES string of the molecule is Cc1c(F)cccc1-c1nc(NS(=O)(=O)c2cccc(N)n2)ccc1C(F)(F)F. The maximum Gasteiger partial charge on any atom is 0.418 e. The highest BCUT2D eigenvalue weighted by molar-refractivity contribution is 7.92. The first-order valence-corrected chi connectivity index (χ1v) is 9.56. The van der Waals surface area contributed by atoms with Gasteiger partial charge in [-0.05, 0) is 42.8 Å². The summed E-state index contributed by atoms with van der Waals surface area (Å²) in [6.07, 6.45) is -4.78. The van der Waals surface area contributed by atoms with Crippen LogP contribution in [0.3, 0.4) is 0 Å². The van der Waals surface area contributed by atoms with Crippen molar-refractivity contribution in [3.05, 3.63) is 65.5 Å². The molecule has 3 N–H and O–H groups in total. The Morgan fingerprint density at radius 3 is 2.34 bits per heavy atom. The molecule has 3 rings (SSSR count). The van der Waals surface area contributed by atoms with Gasteiger partial charge in [0.1, 0.15) is 17.5 Å². The molecule has 1 aromatic carbocycles. The predicted octanol–water partition coefficient (Wildman–Crippen LogP) is 3.99. The molecule has 152 valence electrons. The van der Waals surface area contributed by atoms with Gasteiger partial charge in [-0.2, -0.15) is 21.6 Å². The molecular weight excluding hydrogens is 412 g/mol. The normalized spacial score (nSPS) is 12.0. The van der Waals surface area contributed by atoms with Crippen LogP contribution in [0, 0.1) is 12.7 Å². The average molecular weight is 426 g/mol. The van der Waals surface area contributed by atoms with Crippen LogP contribution >= 0.6 is 0 Å². The predicted molar refractivity (Wildman–Crippen MR) is 98.8 cm³/mol. The molecule has 2 aromatic heterocycles. The Balaban J connectivity index is 2.12. The van der Waals surface area contributed by atoms with Gasteiger partial charge >= 0.3 is 6.18 Å². The lowest BCUT2D eigenvalue weighted by Crippen LogP contribution is -2.17. The van der Waals surface area contributed by atoms with E-state index in [0.29, 0.717) is 6.07 Å². The molecule has 0 amide bonds. The smallest absolute Gasteiger partial charge is 0.384 e. The van der Waals surface area contributed by atoms with Crippen molar-refractivity contribution in [1.29, 1.82) is 0 Å². The van der Waals surface area contributed by atoms with E-state index in [2.05, 4.69) is 14.7 Å². The summed E-state index contributed by atoms with van der Waals surface area (Å²) in [5.74, 6) is -1.16. The minimum Gasteiger partial charge on any atom is -0.384 e. The number of nitrogen functional groups attached to an aromatic ring is 1. The molecule has 2 heterocycles. The molecule has 6 nitrogen and oxygen atoms in total. The molecule has 0 aliphatic rings. The van der Waals surface area contributed by atoms with Gasteiger partial charge in [0.15, 0.2) is 5.03 Å². The van der Waals surface area contributed by atoms with Crippen LogP contribution in [0.1, 0.15) is 11.1 Å². The fraction of sp³-hybridized carbons (Fsp3) is 0.111. The number of hydrogen-bond donors (Lipinski definition) is 2. The molecule has 3 aromatic rings. The second-order valence-corrected chi connectivity index (χ2v) is 7.64. The van der Waals surface area contributed by atoms with Crippen molar-refractivity contribution in [2.45, 2.75) is 18.1 Å². The highest BCUT2D eigenvalue weighted by Crippen LogP contribution is 2.38. The number of alkyl halides is 3. The van der Waals surface area contributed by atoms with E-state index in [1.54, 1.807) is 0 Å². The van der Waals surface area contributed by atoms with Gasteiger partial charge in [-0.15, -0.1) is 0 Å². The number of nitrogens with two attached hydrogens (primary N) is 1. The second-order valence-electron chi connectivity index (χ2n) is 6.01. The van der Waals surface area contributed by atoms with Crippen molar-refractivity contribution < 1.29 is 26.0 Å². The Hall–Kier alpha value is -3.21. The third kappa shape index (κ3) is 4.29. The third-order valence-electron chi connectivity index (χ3n) is 3.98. The zero-order valence-corrected chi connectivity index (χ0v) is 15.6. The molecule has 0 bridgehead atoms. The van der Waals surface area contributed by atoms with Crippen LogP contribution < -0.4 is 10.5 Å². The maximum absolute atomic E-state index is 13.9.